The van der Waals surface area contributed by atoms with E-state index in [-0.39, 0.29) is 5.38 Å². The lowest BCUT2D eigenvalue weighted by Crippen LogP contribution is -2.18. The van der Waals surface area contributed by atoms with Crippen LogP contribution in [0, 0.1) is 18.3 Å². The van der Waals surface area contributed by atoms with Gasteiger partial charge >= 0.3 is 0 Å². The Morgan fingerprint density at radius 3 is 2.06 bits per heavy atom. The maximum Gasteiger partial charge on any atom is 0.0588 e. The summed E-state index contributed by atoms with van der Waals surface area (Å²) in [5.74, 6) is 0.622. The van der Waals surface area contributed by atoms with E-state index in [0.29, 0.717) is 11.3 Å². The van der Waals surface area contributed by atoms with Gasteiger partial charge < -0.3 is 0 Å². The van der Waals surface area contributed by atoms with Gasteiger partial charge in [0.05, 0.1) is 5.38 Å². The van der Waals surface area contributed by atoms with Crippen LogP contribution in [0.2, 0.25) is 0 Å². The second kappa shape index (κ2) is 5.23. The highest BCUT2D eigenvalue weighted by atomic mass is 35.5. The fourth-order valence-corrected chi connectivity index (χ4v) is 1.99. The molecule has 0 saturated carbocycles. The Bertz CT molecular complexity index is 318. The molecule has 0 aliphatic carbocycles. The largest absolute Gasteiger partial charge is 0.118 e. The molecule has 90 valence electrons. The van der Waals surface area contributed by atoms with Gasteiger partial charge in [-0.05, 0) is 30.2 Å². The van der Waals surface area contributed by atoms with E-state index in [0.717, 1.165) is 6.42 Å². The maximum atomic E-state index is 6.46. The van der Waals surface area contributed by atoms with Gasteiger partial charge in [-0.1, -0.05) is 57.5 Å². The topological polar surface area (TPSA) is 0 Å². The first-order valence-electron chi connectivity index (χ1n) is 6.01. The van der Waals surface area contributed by atoms with Crippen molar-refractivity contribution in [2.75, 3.05) is 0 Å². The van der Waals surface area contributed by atoms with Crippen molar-refractivity contribution in [1.29, 1.82) is 0 Å². The van der Waals surface area contributed by atoms with Crippen LogP contribution in [-0.2, 0) is 0 Å². The van der Waals surface area contributed by atoms with E-state index in [1.807, 2.05) is 0 Å². The van der Waals surface area contributed by atoms with Crippen molar-refractivity contribution in [3.8, 4) is 0 Å². The van der Waals surface area contributed by atoms with Crippen LogP contribution in [0.1, 0.15) is 50.6 Å². The molecule has 1 heteroatoms. The van der Waals surface area contributed by atoms with Crippen LogP contribution in [-0.4, -0.2) is 0 Å². The van der Waals surface area contributed by atoms with E-state index in [1.165, 1.54) is 11.1 Å². The fraction of sp³-hybridized carbons (Fsp3) is 0.600. The van der Waals surface area contributed by atoms with E-state index in [2.05, 4.69) is 58.9 Å². The molecule has 0 bridgehead atoms. The lowest BCUT2D eigenvalue weighted by Gasteiger charge is -2.29. The minimum absolute atomic E-state index is 0.134. The van der Waals surface area contributed by atoms with E-state index in [9.17, 15) is 0 Å². The third kappa shape index (κ3) is 3.83. The van der Waals surface area contributed by atoms with Crippen molar-refractivity contribution in [3.63, 3.8) is 0 Å². The van der Waals surface area contributed by atoms with Crippen molar-refractivity contribution in [1.82, 2.24) is 0 Å². The van der Waals surface area contributed by atoms with Gasteiger partial charge in [0.15, 0.2) is 0 Å². The summed E-state index contributed by atoms with van der Waals surface area (Å²) in [4.78, 5) is 0. The summed E-state index contributed by atoms with van der Waals surface area (Å²) in [7, 11) is 0. The Morgan fingerprint density at radius 1 is 1.12 bits per heavy atom. The van der Waals surface area contributed by atoms with Gasteiger partial charge in [-0.2, -0.15) is 0 Å². The molecule has 2 unspecified atom stereocenters. The van der Waals surface area contributed by atoms with E-state index >= 15 is 0 Å². The Balaban J connectivity index is 2.65. The van der Waals surface area contributed by atoms with Crippen molar-refractivity contribution in [2.45, 2.75) is 46.4 Å². The molecule has 2 atom stereocenters. The first-order chi connectivity index (χ1) is 7.30. The zero-order chi connectivity index (χ0) is 12.3. The third-order valence-electron chi connectivity index (χ3n) is 3.48. The van der Waals surface area contributed by atoms with E-state index in [4.69, 9.17) is 11.6 Å². The summed E-state index contributed by atoms with van der Waals surface area (Å²) < 4.78 is 0. The molecule has 0 heterocycles. The number of hydrogen-bond donors (Lipinski definition) is 0. The third-order valence-corrected chi connectivity index (χ3v) is 3.91. The predicted octanol–water partition coefficient (Wildman–Crippen LogP) is 5.35. The number of alkyl halides is 1. The van der Waals surface area contributed by atoms with Crippen LogP contribution in [0.25, 0.3) is 0 Å². The van der Waals surface area contributed by atoms with Gasteiger partial charge in [-0.3, -0.25) is 0 Å². The van der Waals surface area contributed by atoms with Gasteiger partial charge in [0.2, 0.25) is 0 Å². The van der Waals surface area contributed by atoms with Crippen LogP contribution in [0.3, 0.4) is 0 Å². The molecule has 0 nitrogen and oxygen atoms in total. The summed E-state index contributed by atoms with van der Waals surface area (Å²) in [6, 6.07) is 8.55. The minimum Gasteiger partial charge on any atom is -0.118 e. The smallest absolute Gasteiger partial charge is 0.0588 e. The molecule has 0 N–H and O–H groups in total. The van der Waals surface area contributed by atoms with Crippen LogP contribution >= 0.6 is 11.6 Å². The average Bonchev–Trinajstić information content (AvgIpc) is 2.17. The Hall–Kier alpha value is -0.490. The maximum absolute atomic E-state index is 6.46. The second-order valence-electron chi connectivity index (χ2n) is 5.88. The van der Waals surface area contributed by atoms with E-state index < -0.39 is 0 Å². The molecule has 0 aromatic heterocycles. The standard InChI is InChI=1S/C15H23Cl/c1-11-6-8-13(9-7-11)14(16)10-12(2)15(3,4)5/h6-9,12,14H,10H2,1-5H3. The van der Waals surface area contributed by atoms with Gasteiger partial charge in [-0.25, -0.2) is 0 Å². The van der Waals surface area contributed by atoms with Crippen molar-refractivity contribution in [3.05, 3.63) is 35.4 Å². The van der Waals surface area contributed by atoms with Crippen LogP contribution in [0.4, 0.5) is 0 Å². The Kier molecular flexibility index (Phi) is 4.43. The van der Waals surface area contributed by atoms with Gasteiger partial charge in [0, 0.05) is 0 Å². The molecule has 0 radical (unpaired) electrons. The molecule has 1 rings (SSSR count). The van der Waals surface area contributed by atoms with Gasteiger partial charge in [0.1, 0.15) is 0 Å². The summed E-state index contributed by atoms with van der Waals surface area (Å²) >= 11 is 6.46. The molecule has 0 fully saturated rings. The molecule has 0 aliphatic rings. The average molecular weight is 239 g/mol. The van der Waals surface area contributed by atoms with Gasteiger partial charge in [0.25, 0.3) is 0 Å². The molecule has 0 spiro atoms. The molecule has 0 aliphatic heterocycles. The number of aryl methyl sites for hydroxylation is 1. The quantitative estimate of drug-likeness (QED) is 0.623. The minimum atomic E-state index is 0.134. The fourth-order valence-electron chi connectivity index (χ4n) is 1.58. The summed E-state index contributed by atoms with van der Waals surface area (Å²) in [5.41, 5.74) is 2.86. The molecule has 1 aromatic carbocycles. The number of benzene rings is 1. The number of hydrogen-bond acceptors (Lipinski definition) is 0. The molecule has 1 aromatic rings. The highest BCUT2D eigenvalue weighted by molar-refractivity contribution is 6.20. The van der Waals surface area contributed by atoms with Crippen molar-refractivity contribution < 1.29 is 0 Å². The molecule has 16 heavy (non-hydrogen) atoms. The normalized spacial score (nSPS) is 15.9. The Labute approximate surface area is 105 Å². The van der Waals surface area contributed by atoms with Gasteiger partial charge in [-0.15, -0.1) is 11.6 Å². The molecular formula is C15H23Cl. The monoisotopic (exact) mass is 238 g/mol. The highest BCUT2D eigenvalue weighted by Gasteiger charge is 2.23. The van der Waals surface area contributed by atoms with Crippen LogP contribution in [0.15, 0.2) is 24.3 Å². The number of rotatable bonds is 3. The van der Waals surface area contributed by atoms with E-state index in [1.54, 1.807) is 0 Å². The van der Waals surface area contributed by atoms with Crippen molar-refractivity contribution in [2.24, 2.45) is 11.3 Å². The number of halogens is 1. The molecular weight excluding hydrogens is 216 g/mol. The highest BCUT2D eigenvalue weighted by Crippen LogP contribution is 2.36. The zero-order valence-electron chi connectivity index (χ0n) is 11.0. The predicted molar refractivity (Wildman–Crippen MR) is 73.0 cm³/mol. The SMILES string of the molecule is Cc1ccc(C(Cl)CC(C)C(C)(C)C)cc1. The second-order valence-corrected chi connectivity index (χ2v) is 6.41. The first kappa shape index (κ1) is 13.6. The summed E-state index contributed by atoms with van der Waals surface area (Å²) in [5, 5.41) is 0.134. The summed E-state index contributed by atoms with van der Waals surface area (Å²) in [6.45, 7) is 11.2. The lowest BCUT2D eigenvalue weighted by atomic mass is 9.79. The van der Waals surface area contributed by atoms with Crippen LogP contribution < -0.4 is 0 Å². The Morgan fingerprint density at radius 2 is 1.62 bits per heavy atom. The first-order valence-corrected chi connectivity index (χ1v) is 6.45. The van der Waals surface area contributed by atoms with Crippen LogP contribution in [0.5, 0.6) is 0 Å². The summed E-state index contributed by atoms with van der Waals surface area (Å²) in [6.07, 6.45) is 1.04. The molecule has 0 amide bonds. The zero-order valence-corrected chi connectivity index (χ0v) is 11.8. The lowest BCUT2D eigenvalue weighted by molar-refractivity contribution is 0.245. The van der Waals surface area contributed by atoms with Crippen molar-refractivity contribution >= 4 is 11.6 Å². The molecule has 0 saturated heterocycles.